The zero-order valence-corrected chi connectivity index (χ0v) is 14.1. The van der Waals surface area contributed by atoms with E-state index < -0.39 is 5.97 Å². The highest BCUT2D eigenvalue weighted by Gasteiger charge is 2.27. The van der Waals surface area contributed by atoms with Crippen LogP contribution in [0.1, 0.15) is 31.2 Å². The van der Waals surface area contributed by atoms with Gasteiger partial charge in [0.05, 0.1) is 0 Å². The van der Waals surface area contributed by atoms with E-state index >= 15 is 0 Å². The minimum Gasteiger partial charge on any atom is -0.481 e. The second-order valence-corrected chi connectivity index (χ2v) is 6.09. The number of likely N-dealkylation sites (tertiary alicyclic amines) is 1. The number of carboxylic acids is 1. The van der Waals surface area contributed by atoms with Crippen molar-refractivity contribution in [2.75, 3.05) is 19.6 Å². The summed E-state index contributed by atoms with van der Waals surface area (Å²) in [4.78, 5) is 36.2. The van der Waals surface area contributed by atoms with Crippen LogP contribution in [0.15, 0.2) is 30.3 Å². The summed E-state index contributed by atoms with van der Waals surface area (Å²) in [6.07, 6.45) is 1.29. The lowest BCUT2D eigenvalue weighted by Crippen LogP contribution is -2.43. The largest absolute Gasteiger partial charge is 0.481 e. The molecule has 2 amide bonds. The molecule has 136 valence electrons. The third kappa shape index (κ3) is 6.45. The van der Waals surface area contributed by atoms with E-state index in [9.17, 15) is 14.4 Å². The Morgan fingerprint density at radius 3 is 2.48 bits per heavy atom. The molecule has 0 radical (unpaired) electrons. The maximum absolute atomic E-state index is 12.1. The third-order valence-corrected chi connectivity index (χ3v) is 4.20. The molecule has 1 aromatic carbocycles. The van der Waals surface area contributed by atoms with E-state index in [4.69, 9.17) is 9.84 Å². The van der Waals surface area contributed by atoms with Crippen LogP contribution in [0, 0.1) is 5.92 Å². The Bertz CT molecular complexity index is 582. The molecule has 25 heavy (non-hydrogen) atoms. The number of carbonyl (C=O) groups excluding carboxylic acids is 2. The van der Waals surface area contributed by atoms with Gasteiger partial charge >= 0.3 is 12.1 Å². The van der Waals surface area contributed by atoms with Crippen LogP contribution < -0.4 is 5.32 Å². The van der Waals surface area contributed by atoms with Gasteiger partial charge in [0.1, 0.15) is 6.61 Å². The summed E-state index contributed by atoms with van der Waals surface area (Å²) in [6, 6.07) is 9.48. The van der Waals surface area contributed by atoms with Gasteiger partial charge in [-0.05, 0) is 24.8 Å². The molecule has 7 nitrogen and oxygen atoms in total. The minimum atomic E-state index is -0.864. The Labute approximate surface area is 147 Å². The monoisotopic (exact) mass is 348 g/mol. The van der Waals surface area contributed by atoms with Crippen molar-refractivity contribution in [1.82, 2.24) is 10.2 Å². The first-order chi connectivity index (χ1) is 12.1. The smallest absolute Gasteiger partial charge is 0.410 e. The Hall–Kier alpha value is -2.57. The number of nitrogens with one attached hydrogen (secondary N) is 1. The van der Waals surface area contributed by atoms with Crippen molar-refractivity contribution in [3.8, 4) is 0 Å². The Balaban J connectivity index is 1.65. The molecule has 0 aromatic heterocycles. The van der Waals surface area contributed by atoms with E-state index in [0.29, 0.717) is 38.9 Å². The lowest BCUT2D eigenvalue weighted by molar-refractivity contribution is -0.137. The quantitative estimate of drug-likeness (QED) is 0.735. The number of hydrogen-bond donors (Lipinski definition) is 2. The molecular weight excluding hydrogens is 324 g/mol. The fraction of sp³-hybridized carbons (Fsp3) is 0.500. The zero-order valence-electron chi connectivity index (χ0n) is 14.1. The summed E-state index contributed by atoms with van der Waals surface area (Å²) in [5, 5.41) is 11.3. The van der Waals surface area contributed by atoms with Crippen molar-refractivity contribution < 1.29 is 24.2 Å². The predicted octanol–water partition coefficient (Wildman–Crippen LogP) is 2.02. The van der Waals surface area contributed by atoms with Crippen LogP contribution in [-0.4, -0.2) is 47.6 Å². The molecule has 1 aromatic rings. The summed E-state index contributed by atoms with van der Waals surface area (Å²) in [7, 11) is 0. The van der Waals surface area contributed by atoms with Gasteiger partial charge in [0.25, 0.3) is 0 Å². The van der Waals surface area contributed by atoms with Crippen LogP contribution >= 0.6 is 0 Å². The molecule has 0 aliphatic carbocycles. The van der Waals surface area contributed by atoms with Crippen molar-refractivity contribution in [2.45, 2.75) is 32.3 Å². The molecule has 0 atom stereocenters. The van der Waals surface area contributed by atoms with Gasteiger partial charge in [0, 0.05) is 32.0 Å². The van der Waals surface area contributed by atoms with Crippen molar-refractivity contribution in [3.63, 3.8) is 0 Å². The van der Waals surface area contributed by atoms with Gasteiger partial charge in [-0.3, -0.25) is 9.59 Å². The maximum Gasteiger partial charge on any atom is 0.410 e. The Morgan fingerprint density at radius 1 is 1.16 bits per heavy atom. The molecule has 1 aliphatic heterocycles. The third-order valence-electron chi connectivity index (χ3n) is 4.20. The molecule has 1 fully saturated rings. The molecule has 1 aliphatic rings. The molecule has 1 heterocycles. The van der Waals surface area contributed by atoms with Crippen LogP contribution in [0.25, 0.3) is 0 Å². The van der Waals surface area contributed by atoms with Gasteiger partial charge in [-0.2, -0.15) is 0 Å². The van der Waals surface area contributed by atoms with E-state index in [-0.39, 0.29) is 30.9 Å². The average Bonchev–Trinajstić information content (AvgIpc) is 2.64. The molecule has 0 unspecified atom stereocenters. The number of hydrogen-bond acceptors (Lipinski definition) is 4. The Kier molecular flexibility index (Phi) is 7.25. The van der Waals surface area contributed by atoms with Crippen LogP contribution in [0.5, 0.6) is 0 Å². The van der Waals surface area contributed by atoms with Crippen LogP contribution in [0.4, 0.5) is 4.79 Å². The molecule has 2 rings (SSSR count). The molecule has 1 saturated heterocycles. The molecule has 0 saturated carbocycles. The summed E-state index contributed by atoms with van der Waals surface area (Å²) < 4.78 is 5.30. The minimum absolute atomic E-state index is 0.0476. The summed E-state index contributed by atoms with van der Waals surface area (Å²) in [5.74, 6) is -1.07. The highest BCUT2D eigenvalue weighted by Crippen LogP contribution is 2.18. The van der Waals surface area contributed by atoms with Crippen molar-refractivity contribution in [1.29, 1.82) is 0 Å². The highest BCUT2D eigenvalue weighted by molar-refractivity contribution is 5.79. The van der Waals surface area contributed by atoms with E-state index in [2.05, 4.69) is 5.32 Å². The van der Waals surface area contributed by atoms with Crippen LogP contribution in [0.3, 0.4) is 0 Å². The molecule has 0 spiro atoms. The van der Waals surface area contributed by atoms with E-state index in [1.807, 2.05) is 30.3 Å². The second kappa shape index (κ2) is 9.66. The van der Waals surface area contributed by atoms with Crippen LogP contribution in [-0.2, 0) is 20.9 Å². The van der Waals surface area contributed by atoms with E-state index in [0.717, 1.165) is 5.56 Å². The molecule has 0 bridgehead atoms. The summed E-state index contributed by atoms with van der Waals surface area (Å²) in [6.45, 7) is 1.58. The highest BCUT2D eigenvalue weighted by atomic mass is 16.6. The Morgan fingerprint density at radius 2 is 1.84 bits per heavy atom. The van der Waals surface area contributed by atoms with E-state index in [1.54, 1.807) is 4.90 Å². The van der Waals surface area contributed by atoms with E-state index in [1.165, 1.54) is 0 Å². The number of nitrogens with zero attached hydrogens (tertiary/aromatic N) is 1. The van der Waals surface area contributed by atoms with Crippen molar-refractivity contribution >= 4 is 18.0 Å². The van der Waals surface area contributed by atoms with Gasteiger partial charge in [0.15, 0.2) is 0 Å². The van der Waals surface area contributed by atoms with Crippen molar-refractivity contribution in [2.24, 2.45) is 5.92 Å². The number of carboxylic acid groups (broad SMARTS) is 1. The number of carbonyl (C=O) groups is 3. The van der Waals surface area contributed by atoms with Gasteiger partial charge in [-0.15, -0.1) is 0 Å². The van der Waals surface area contributed by atoms with Crippen LogP contribution in [0.2, 0.25) is 0 Å². The number of aliphatic carboxylic acids is 1. The standard InChI is InChI=1S/C18H24N2O5/c21-16(22)7-4-10-19-17(23)15-8-11-20(12-9-15)18(24)25-13-14-5-2-1-3-6-14/h1-3,5-6,15H,4,7-13H2,(H,19,23)(H,21,22). The number of piperidine rings is 1. The van der Waals surface area contributed by atoms with Gasteiger partial charge < -0.3 is 20.1 Å². The molecule has 7 heteroatoms. The number of benzene rings is 1. The average molecular weight is 348 g/mol. The first-order valence-corrected chi connectivity index (χ1v) is 8.51. The summed E-state index contributed by atoms with van der Waals surface area (Å²) >= 11 is 0. The second-order valence-electron chi connectivity index (χ2n) is 6.09. The fourth-order valence-electron chi connectivity index (χ4n) is 2.73. The van der Waals surface area contributed by atoms with Gasteiger partial charge in [-0.1, -0.05) is 30.3 Å². The van der Waals surface area contributed by atoms with Gasteiger partial charge in [-0.25, -0.2) is 4.79 Å². The number of rotatable bonds is 7. The zero-order chi connectivity index (χ0) is 18.1. The first kappa shape index (κ1) is 18.8. The number of amides is 2. The molecular formula is C18H24N2O5. The van der Waals surface area contributed by atoms with Gasteiger partial charge in [0.2, 0.25) is 5.91 Å². The SMILES string of the molecule is O=C(O)CCCNC(=O)C1CCN(C(=O)OCc2ccccc2)CC1. The predicted molar refractivity (Wildman–Crippen MR) is 90.8 cm³/mol. The first-order valence-electron chi connectivity index (χ1n) is 8.51. The topological polar surface area (TPSA) is 95.9 Å². The maximum atomic E-state index is 12.1. The lowest BCUT2D eigenvalue weighted by atomic mass is 9.96. The van der Waals surface area contributed by atoms with Crippen molar-refractivity contribution in [3.05, 3.63) is 35.9 Å². The number of ether oxygens (including phenoxy) is 1. The summed E-state index contributed by atoms with van der Waals surface area (Å²) in [5.41, 5.74) is 0.937. The normalized spacial score (nSPS) is 14.8. The molecule has 2 N–H and O–H groups in total. The lowest BCUT2D eigenvalue weighted by Gasteiger charge is -2.30. The fourth-order valence-corrected chi connectivity index (χ4v) is 2.73.